The minimum absolute atomic E-state index is 0.0598. The molecule has 1 saturated carbocycles. The van der Waals surface area contributed by atoms with Crippen LogP contribution in [0, 0.1) is 5.82 Å². The summed E-state index contributed by atoms with van der Waals surface area (Å²) in [6, 6.07) is 0.511. The molecule has 2 aromatic rings. The van der Waals surface area contributed by atoms with Gasteiger partial charge in [-0.1, -0.05) is 19.3 Å². The first-order chi connectivity index (χ1) is 16.8. The lowest BCUT2D eigenvalue weighted by molar-refractivity contribution is -0.138. The van der Waals surface area contributed by atoms with Crippen LogP contribution >= 0.6 is 0 Å². The lowest BCUT2D eigenvalue weighted by Gasteiger charge is -2.24. The molecule has 1 heterocycles. The van der Waals surface area contributed by atoms with Gasteiger partial charge in [-0.15, -0.1) is 0 Å². The molecule has 5 N–H and O–H groups in total. The average molecular weight is 515 g/mol. The summed E-state index contributed by atoms with van der Waals surface area (Å²) in [5, 5.41) is 34.4. The van der Waals surface area contributed by atoms with Gasteiger partial charge < -0.3 is 26.0 Å². The van der Waals surface area contributed by atoms with Crippen LogP contribution in [0.25, 0.3) is 5.69 Å². The number of aromatic nitrogens is 1. The third-order valence-corrected chi connectivity index (χ3v) is 5.64. The van der Waals surface area contributed by atoms with Crippen molar-refractivity contribution in [3.63, 3.8) is 0 Å². The topological polar surface area (TPSA) is 158 Å². The molecule has 0 saturated heterocycles. The summed E-state index contributed by atoms with van der Waals surface area (Å²) in [4.78, 5) is 49.3. The summed E-state index contributed by atoms with van der Waals surface area (Å²) < 4.78 is 54.3. The van der Waals surface area contributed by atoms with Crippen molar-refractivity contribution in [1.29, 1.82) is 0 Å². The molecule has 1 aromatic carbocycles. The normalized spacial score (nSPS) is 14.3. The maximum atomic E-state index is 14.6. The number of carboxylic acid groups (broad SMARTS) is 1. The summed E-state index contributed by atoms with van der Waals surface area (Å²) in [5.41, 5.74) is -6.62. The highest BCUT2D eigenvalue weighted by atomic mass is 19.4. The monoisotopic (exact) mass is 515 g/mol. The van der Waals surface area contributed by atoms with Gasteiger partial charge in [0.2, 0.25) is 5.88 Å². The van der Waals surface area contributed by atoms with Crippen LogP contribution in [-0.4, -0.2) is 50.3 Å². The molecule has 1 aliphatic carbocycles. The summed E-state index contributed by atoms with van der Waals surface area (Å²) >= 11 is 0. The fourth-order valence-corrected chi connectivity index (χ4v) is 3.90. The zero-order chi connectivity index (χ0) is 26.8. The van der Waals surface area contributed by atoms with E-state index in [0.29, 0.717) is 25.0 Å². The van der Waals surface area contributed by atoms with Gasteiger partial charge in [-0.2, -0.15) is 13.2 Å². The summed E-state index contributed by atoms with van der Waals surface area (Å²) in [6.45, 7) is -1.03. The highest BCUT2D eigenvalue weighted by Crippen LogP contribution is 2.35. The van der Waals surface area contributed by atoms with Crippen LogP contribution in [0.5, 0.6) is 11.6 Å². The summed E-state index contributed by atoms with van der Waals surface area (Å²) in [6.07, 6.45) is -1.46. The highest BCUT2D eigenvalue weighted by molar-refractivity contribution is 6.05. The molecule has 36 heavy (non-hydrogen) atoms. The lowest BCUT2D eigenvalue weighted by atomic mass is 9.95. The Morgan fingerprint density at radius 2 is 1.67 bits per heavy atom. The maximum Gasteiger partial charge on any atom is 0.416 e. The van der Waals surface area contributed by atoms with Crippen LogP contribution in [-0.2, 0) is 11.0 Å². The SMILES string of the molecule is O=C(O)CNC(=O)c1c(O)c(C(=O)NC2CCCCC2)c(O)n(-c2cc(C(F)(F)F)ccc2F)c1=O. The molecule has 194 valence electrons. The number of carbonyl (C=O) groups excluding carboxylic acids is 2. The van der Waals surface area contributed by atoms with Crippen molar-refractivity contribution in [1.82, 2.24) is 15.2 Å². The van der Waals surface area contributed by atoms with Crippen LogP contribution in [0.2, 0.25) is 0 Å². The fraction of sp³-hybridized carbons (Fsp3) is 0.364. The van der Waals surface area contributed by atoms with Crippen molar-refractivity contribution in [2.75, 3.05) is 6.54 Å². The molecule has 1 aromatic heterocycles. The Labute approximate surface area is 200 Å². The molecule has 0 unspecified atom stereocenters. The number of amides is 2. The molecule has 2 amide bonds. The Balaban J connectivity index is 2.26. The Kier molecular flexibility index (Phi) is 7.55. The number of aromatic hydroxyl groups is 2. The maximum absolute atomic E-state index is 14.6. The number of aliphatic carboxylic acids is 1. The molecule has 0 atom stereocenters. The van der Waals surface area contributed by atoms with Crippen molar-refractivity contribution in [3.05, 3.63) is 51.1 Å². The predicted molar refractivity (Wildman–Crippen MR) is 115 cm³/mol. The van der Waals surface area contributed by atoms with Gasteiger partial charge in [0, 0.05) is 6.04 Å². The van der Waals surface area contributed by atoms with Crippen LogP contribution in [0.3, 0.4) is 0 Å². The number of hydrogen-bond donors (Lipinski definition) is 5. The number of carboxylic acids is 1. The Hall–Kier alpha value is -4.10. The summed E-state index contributed by atoms with van der Waals surface area (Å²) in [5.74, 6) is -8.43. The third-order valence-electron chi connectivity index (χ3n) is 5.64. The van der Waals surface area contributed by atoms with E-state index in [1.165, 1.54) is 0 Å². The molecule has 1 aliphatic rings. The van der Waals surface area contributed by atoms with Gasteiger partial charge in [-0.3, -0.25) is 19.2 Å². The van der Waals surface area contributed by atoms with Gasteiger partial charge in [-0.25, -0.2) is 8.96 Å². The molecule has 10 nitrogen and oxygen atoms in total. The first-order valence-electron chi connectivity index (χ1n) is 10.7. The van der Waals surface area contributed by atoms with E-state index in [1.54, 1.807) is 5.32 Å². The largest absolute Gasteiger partial charge is 0.506 e. The average Bonchev–Trinajstić information content (AvgIpc) is 2.78. The van der Waals surface area contributed by atoms with E-state index in [2.05, 4.69) is 5.32 Å². The molecular formula is C22H21F4N3O7. The second kappa shape index (κ2) is 10.3. The molecule has 0 aliphatic heterocycles. The predicted octanol–water partition coefficient (Wildman–Crippen LogP) is 2.28. The number of nitrogens with zero attached hydrogens (tertiary/aromatic N) is 1. The Morgan fingerprint density at radius 1 is 1.03 bits per heavy atom. The number of carbonyl (C=O) groups is 3. The smallest absolute Gasteiger partial charge is 0.416 e. The van der Waals surface area contributed by atoms with Gasteiger partial charge in [0.15, 0.2) is 5.75 Å². The summed E-state index contributed by atoms with van der Waals surface area (Å²) in [7, 11) is 0. The van der Waals surface area contributed by atoms with Crippen molar-refractivity contribution in [2.24, 2.45) is 0 Å². The second-order valence-corrected chi connectivity index (χ2v) is 8.11. The number of nitrogens with one attached hydrogen (secondary N) is 2. The molecular weight excluding hydrogens is 494 g/mol. The number of rotatable bonds is 6. The number of hydrogen-bond acceptors (Lipinski definition) is 6. The van der Waals surface area contributed by atoms with Crippen molar-refractivity contribution >= 4 is 17.8 Å². The molecule has 3 rings (SSSR count). The minimum atomic E-state index is -4.98. The van der Waals surface area contributed by atoms with E-state index < -0.39 is 81.9 Å². The molecule has 0 radical (unpaired) electrons. The van der Waals surface area contributed by atoms with E-state index in [0.717, 1.165) is 19.3 Å². The van der Waals surface area contributed by atoms with Crippen LogP contribution in [0.15, 0.2) is 23.0 Å². The van der Waals surface area contributed by atoms with Crippen molar-refractivity contribution < 1.29 is 47.3 Å². The molecule has 14 heteroatoms. The number of benzene rings is 1. The van der Waals surface area contributed by atoms with Crippen LogP contribution in [0.4, 0.5) is 17.6 Å². The van der Waals surface area contributed by atoms with Gasteiger partial charge in [-0.05, 0) is 31.0 Å². The van der Waals surface area contributed by atoms with E-state index in [9.17, 15) is 47.0 Å². The quantitative estimate of drug-likeness (QED) is 0.369. The zero-order valence-corrected chi connectivity index (χ0v) is 18.5. The van der Waals surface area contributed by atoms with Crippen LogP contribution < -0.4 is 16.2 Å². The first kappa shape index (κ1) is 26.5. The van der Waals surface area contributed by atoms with E-state index in [-0.39, 0.29) is 10.6 Å². The Bertz CT molecular complexity index is 1270. The fourth-order valence-electron chi connectivity index (χ4n) is 3.90. The number of pyridine rings is 1. The molecule has 0 bridgehead atoms. The van der Waals surface area contributed by atoms with E-state index in [1.807, 2.05) is 0 Å². The Morgan fingerprint density at radius 3 is 2.25 bits per heavy atom. The van der Waals surface area contributed by atoms with Crippen LogP contribution in [0.1, 0.15) is 58.4 Å². The van der Waals surface area contributed by atoms with Gasteiger partial charge >= 0.3 is 12.1 Å². The van der Waals surface area contributed by atoms with Gasteiger partial charge in [0.05, 0.1) is 11.3 Å². The minimum Gasteiger partial charge on any atom is -0.506 e. The molecule has 1 fully saturated rings. The van der Waals surface area contributed by atoms with Gasteiger partial charge in [0.1, 0.15) is 23.5 Å². The first-order valence-corrected chi connectivity index (χ1v) is 10.7. The lowest BCUT2D eigenvalue weighted by Crippen LogP contribution is -2.39. The third kappa shape index (κ3) is 5.42. The van der Waals surface area contributed by atoms with E-state index in [4.69, 9.17) is 5.11 Å². The van der Waals surface area contributed by atoms with Gasteiger partial charge in [0.25, 0.3) is 17.4 Å². The highest BCUT2D eigenvalue weighted by Gasteiger charge is 2.35. The van der Waals surface area contributed by atoms with Crippen molar-refractivity contribution in [2.45, 2.75) is 44.3 Å². The standard InChI is InChI=1S/C22H21F4N3O7/c23-12-7-6-10(22(24,25)26)8-13(12)29-20(35)15(18(33)27-9-14(30)31)17(32)16(21(29)36)19(34)28-11-4-2-1-3-5-11/h6-8,11,32,36H,1-5,9H2,(H,27,33)(H,28,34)(H,30,31). The molecule has 0 spiro atoms. The second-order valence-electron chi connectivity index (χ2n) is 8.11. The van der Waals surface area contributed by atoms with Crippen molar-refractivity contribution in [3.8, 4) is 17.3 Å². The number of alkyl halides is 3. The number of halogens is 4. The van der Waals surface area contributed by atoms with E-state index >= 15 is 0 Å². The zero-order valence-electron chi connectivity index (χ0n) is 18.5.